The van der Waals surface area contributed by atoms with Crippen LogP contribution in [0.1, 0.15) is 15.9 Å². The Bertz CT molecular complexity index is 916. The number of nitriles is 1. The normalized spacial score (nSPS) is 15.6. The number of nitrogens with zero attached hydrogens (tertiary/aromatic N) is 2. The SMILES string of the molecule is N#Cc1ccc(Cl)cc1N1C(=O)c2ccccc2S1(=O)=O. The molecule has 5 nitrogen and oxygen atoms in total. The van der Waals surface area contributed by atoms with E-state index in [1.165, 1.54) is 36.4 Å². The zero-order valence-corrected chi connectivity index (χ0v) is 12.0. The summed E-state index contributed by atoms with van der Waals surface area (Å²) >= 11 is 5.86. The van der Waals surface area contributed by atoms with Gasteiger partial charge >= 0.3 is 0 Å². The topological polar surface area (TPSA) is 78.2 Å². The van der Waals surface area contributed by atoms with Crippen LogP contribution in [0.15, 0.2) is 47.4 Å². The average molecular weight is 319 g/mol. The van der Waals surface area contributed by atoms with Gasteiger partial charge in [0, 0.05) is 5.02 Å². The van der Waals surface area contributed by atoms with Crippen molar-refractivity contribution < 1.29 is 13.2 Å². The standard InChI is InChI=1S/C14H7ClN2O3S/c15-10-6-5-9(8-16)12(7-10)17-14(18)11-3-1-2-4-13(11)21(17,19)20/h1-7H. The third-order valence-electron chi connectivity index (χ3n) is 3.12. The number of carbonyl (C=O) groups is 1. The number of amides is 1. The summed E-state index contributed by atoms with van der Waals surface area (Å²) in [6.45, 7) is 0. The highest BCUT2D eigenvalue weighted by molar-refractivity contribution is 7.94. The molecule has 0 saturated heterocycles. The molecule has 0 bridgehead atoms. The molecule has 0 fully saturated rings. The predicted molar refractivity (Wildman–Crippen MR) is 76.6 cm³/mol. The van der Waals surface area contributed by atoms with Crippen LogP contribution >= 0.6 is 11.6 Å². The van der Waals surface area contributed by atoms with Crippen LogP contribution in [0, 0.1) is 11.3 Å². The van der Waals surface area contributed by atoms with Crippen LogP contribution in [0.5, 0.6) is 0 Å². The molecule has 0 atom stereocenters. The van der Waals surface area contributed by atoms with Crippen LogP contribution in [-0.2, 0) is 10.0 Å². The van der Waals surface area contributed by atoms with Crippen molar-refractivity contribution >= 4 is 33.2 Å². The third-order valence-corrected chi connectivity index (χ3v) is 5.11. The summed E-state index contributed by atoms with van der Waals surface area (Å²) in [4.78, 5) is 12.3. The molecule has 0 aliphatic carbocycles. The maximum Gasteiger partial charge on any atom is 0.273 e. The van der Waals surface area contributed by atoms with Crippen molar-refractivity contribution in [2.75, 3.05) is 4.31 Å². The van der Waals surface area contributed by atoms with Gasteiger partial charge < -0.3 is 0 Å². The first-order valence-corrected chi connectivity index (χ1v) is 7.67. The van der Waals surface area contributed by atoms with Gasteiger partial charge in [0.1, 0.15) is 11.0 Å². The van der Waals surface area contributed by atoms with E-state index < -0.39 is 15.9 Å². The van der Waals surface area contributed by atoms with Crippen LogP contribution in [0.2, 0.25) is 5.02 Å². The molecule has 0 aromatic heterocycles. The molecule has 1 aliphatic rings. The molecule has 1 amide bonds. The van der Waals surface area contributed by atoms with E-state index in [-0.39, 0.29) is 26.7 Å². The van der Waals surface area contributed by atoms with Crippen LogP contribution in [0.3, 0.4) is 0 Å². The van der Waals surface area contributed by atoms with E-state index in [9.17, 15) is 13.2 Å². The van der Waals surface area contributed by atoms with Crippen molar-refractivity contribution in [1.29, 1.82) is 5.26 Å². The van der Waals surface area contributed by atoms with Crippen LogP contribution in [0.25, 0.3) is 0 Å². The molecule has 2 aromatic carbocycles. The van der Waals surface area contributed by atoms with Gasteiger partial charge in [-0.05, 0) is 30.3 Å². The zero-order valence-electron chi connectivity index (χ0n) is 10.4. The highest BCUT2D eigenvalue weighted by Crippen LogP contribution is 2.36. The minimum Gasteiger partial charge on any atom is -0.268 e. The molecule has 0 saturated carbocycles. The quantitative estimate of drug-likeness (QED) is 0.809. The van der Waals surface area contributed by atoms with E-state index >= 15 is 0 Å². The molecule has 2 aromatic rings. The van der Waals surface area contributed by atoms with Crippen molar-refractivity contribution in [1.82, 2.24) is 0 Å². The van der Waals surface area contributed by atoms with Crippen LogP contribution in [0.4, 0.5) is 5.69 Å². The first kappa shape index (κ1) is 13.6. The maximum atomic E-state index is 12.5. The molecule has 104 valence electrons. The fourth-order valence-corrected chi connectivity index (χ4v) is 3.96. The lowest BCUT2D eigenvalue weighted by Gasteiger charge is -2.16. The van der Waals surface area contributed by atoms with E-state index in [0.29, 0.717) is 4.31 Å². The first-order chi connectivity index (χ1) is 9.96. The zero-order chi connectivity index (χ0) is 15.2. The lowest BCUT2D eigenvalue weighted by molar-refractivity contribution is 0.101. The average Bonchev–Trinajstić information content (AvgIpc) is 2.67. The first-order valence-electron chi connectivity index (χ1n) is 5.85. The number of anilines is 1. The number of fused-ring (bicyclic) bond motifs is 1. The van der Waals surface area contributed by atoms with E-state index in [2.05, 4.69) is 0 Å². The molecule has 3 rings (SSSR count). The summed E-state index contributed by atoms with van der Waals surface area (Å²) in [6.07, 6.45) is 0. The van der Waals surface area contributed by atoms with Gasteiger partial charge in [-0.15, -0.1) is 0 Å². The second kappa shape index (κ2) is 4.58. The number of halogens is 1. The molecule has 0 radical (unpaired) electrons. The van der Waals surface area contributed by atoms with Crippen LogP contribution in [-0.4, -0.2) is 14.3 Å². The second-order valence-corrected chi connectivity index (χ2v) is 6.54. The number of rotatable bonds is 1. The molecule has 0 unspecified atom stereocenters. The minimum atomic E-state index is -4.02. The summed E-state index contributed by atoms with van der Waals surface area (Å²) in [7, 11) is -4.02. The summed E-state index contributed by atoms with van der Waals surface area (Å²) in [5.74, 6) is -0.690. The number of carbonyl (C=O) groups excluding carboxylic acids is 1. The summed E-state index contributed by atoms with van der Waals surface area (Å²) in [6, 6.07) is 11.9. The third kappa shape index (κ3) is 1.90. The number of benzene rings is 2. The lowest BCUT2D eigenvalue weighted by atomic mass is 10.1. The number of hydrogen-bond donors (Lipinski definition) is 0. The van der Waals surface area contributed by atoms with Gasteiger partial charge in [-0.1, -0.05) is 23.7 Å². The Hall–Kier alpha value is -2.36. The van der Waals surface area contributed by atoms with E-state index in [0.717, 1.165) is 0 Å². The predicted octanol–water partition coefficient (Wildman–Crippen LogP) is 2.56. The van der Waals surface area contributed by atoms with E-state index in [4.69, 9.17) is 16.9 Å². The van der Waals surface area contributed by atoms with Crippen LogP contribution < -0.4 is 4.31 Å². The summed E-state index contributed by atoms with van der Waals surface area (Å²) in [5, 5.41) is 9.36. The summed E-state index contributed by atoms with van der Waals surface area (Å²) < 4.78 is 25.7. The van der Waals surface area contributed by atoms with Gasteiger partial charge in [0.15, 0.2) is 0 Å². The fourth-order valence-electron chi connectivity index (χ4n) is 2.19. The van der Waals surface area contributed by atoms with Crippen molar-refractivity contribution in [2.24, 2.45) is 0 Å². The Morgan fingerprint density at radius 1 is 1.14 bits per heavy atom. The van der Waals surface area contributed by atoms with Gasteiger partial charge in [0.25, 0.3) is 15.9 Å². The molecule has 0 spiro atoms. The molecular weight excluding hydrogens is 312 g/mol. The van der Waals surface area contributed by atoms with Gasteiger partial charge in [0.05, 0.1) is 16.8 Å². The number of sulfonamides is 1. The Balaban J connectivity index is 2.30. The monoisotopic (exact) mass is 318 g/mol. The Morgan fingerprint density at radius 3 is 2.52 bits per heavy atom. The highest BCUT2D eigenvalue weighted by Gasteiger charge is 2.42. The molecule has 21 heavy (non-hydrogen) atoms. The largest absolute Gasteiger partial charge is 0.273 e. The van der Waals surface area contributed by atoms with Gasteiger partial charge in [0.2, 0.25) is 0 Å². The van der Waals surface area contributed by atoms with Gasteiger partial charge in [-0.2, -0.15) is 9.57 Å². The van der Waals surface area contributed by atoms with Crippen molar-refractivity contribution in [2.45, 2.75) is 4.90 Å². The smallest absolute Gasteiger partial charge is 0.268 e. The Morgan fingerprint density at radius 2 is 1.86 bits per heavy atom. The van der Waals surface area contributed by atoms with Crippen molar-refractivity contribution in [3.05, 3.63) is 58.6 Å². The molecule has 7 heteroatoms. The molecular formula is C14H7ClN2O3S. The van der Waals surface area contributed by atoms with E-state index in [1.54, 1.807) is 6.07 Å². The molecule has 1 heterocycles. The lowest BCUT2D eigenvalue weighted by Crippen LogP contribution is -2.30. The number of hydrogen-bond acceptors (Lipinski definition) is 4. The fraction of sp³-hybridized carbons (Fsp3) is 0. The highest BCUT2D eigenvalue weighted by atomic mass is 35.5. The minimum absolute atomic E-state index is 0.0359. The molecule has 0 N–H and O–H groups in total. The van der Waals surface area contributed by atoms with E-state index in [1.807, 2.05) is 6.07 Å². The second-order valence-electron chi connectivity index (χ2n) is 4.34. The van der Waals surface area contributed by atoms with Crippen molar-refractivity contribution in [3.63, 3.8) is 0 Å². The Labute approximate surface area is 126 Å². The van der Waals surface area contributed by atoms with Gasteiger partial charge in [-0.3, -0.25) is 4.79 Å². The molecule has 1 aliphatic heterocycles. The van der Waals surface area contributed by atoms with Crippen molar-refractivity contribution in [3.8, 4) is 6.07 Å². The van der Waals surface area contributed by atoms with Gasteiger partial charge in [-0.25, -0.2) is 8.42 Å². The Kier molecular flexibility index (Phi) is 2.97. The summed E-state index contributed by atoms with van der Waals surface area (Å²) in [5.41, 5.74) is 0.108. The maximum absolute atomic E-state index is 12.5.